The van der Waals surface area contributed by atoms with Crippen LogP contribution in [0.1, 0.15) is 10.4 Å². The van der Waals surface area contributed by atoms with Gasteiger partial charge in [0.15, 0.2) is 0 Å². The Bertz CT molecular complexity index is 675. The van der Waals surface area contributed by atoms with Crippen molar-refractivity contribution in [3.8, 4) is 5.75 Å². The maximum atomic E-state index is 12.7. The van der Waals surface area contributed by atoms with Gasteiger partial charge >= 0.3 is 0 Å². The summed E-state index contributed by atoms with van der Waals surface area (Å²) >= 11 is 8.15. The maximum Gasteiger partial charge on any atom is 0.259 e. The average Bonchev–Trinajstić information content (AvgIpc) is 2.48. The number of hydrogen-bond acceptors (Lipinski definition) is 2. The second-order valence-corrected chi connectivity index (χ2v) is 6.00. The van der Waals surface area contributed by atoms with Crippen molar-refractivity contribution >= 4 is 45.8 Å². The molecule has 0 spiro atoms. The average molecular weight is 400 g/mol. The Labute approximate surface area is 135 Å². The van der Waals surface area contributed by atoms with Gasteiger partial charge in [0.1, 0.15) is 12.4 Å². The molecule has 2 aromatic carbocycles. The Kier molecular flexibility index (Phi) is 3.85. The maximum absolute atomic E-state index is 12.7. The summed E-state index contributed by atoms with van der Waals surface area (Å²) in [5, 5.41) is 0.565. The molecule has 0 atom stereocenters. The molecule has 1 aliphatic heterocycles. The van der Waals surface area contributed by atoms with Crippen LogP contribution in [0, 0.1) is 3.57 Å². The number of para-hydroxylation sites is 2. The van der Waals surface area contributed by atoms with E-state index in [2.05, 4.69) is 22.6 Å². The van der Waals surface area contributed by atoms with Crippen LogP contribution in [0.15, 0.2) is 42.5 Å². The fraction of sp³-hybridized carbons (Fsp3) is 0.133. The molecule has 2 aromatic rings. The van der Waals surface area contributed by atoms with Gasteiger partial charge in [-0.2, -0.15) is 0 Å². The molecule has 102 valence electrons. The van der Waals surface area contributed by atoms with Crippen LogP contribution in [0.2, 0.25) is 5.02 Å². The highest BCUT2D eigenvalue weighted by molar-refractivity contribution is 14.1. The van der Waals surface area contributed by atoms with Gasteiger partial charge in [0.25, 0.3) is 5.91 Å². The van der Waals surface area contributed by atoms with Gasteiger partial charge < -0.3 is 9.64 Å². The van der Waals surface area contributed by atoms with E-state index >= 15 is 0 Å². The fourth-order valence-corrected chi connectivity index (χ4v) is 2.93. The van der Waals surface area contributed by atoms with Crippen LogP contribution >= 0.6 is 34.2 Å². The van der Waals surface area contributed by atoms with Crippen LogP contribution in [0.4, 0.5) is 5.69 Å². The molecule has 0 aromatic heterocycles. The summed E-state index contributed by atoms with van der Waals surface area (Å²) < 4.78 is 6.46. The monoisotopic (exact) mass is 399 g/mol. The molecule has 1 amide bonds. The minimum absolute atomic E-state index is 0.0485. The Morgan fingerprint density at radius 3 is 2.90 bits per heavy atom. The van der Waals surface area contributed by atoms with Gasteiger partial charge in [0.05, 0.1) is 17.8 Å². The minimum atomic E-state index is -0.0485. The molecule has 0 unspecified atom stereocenters. The van der Waals surface area contributed by atoms with Crippen molar-refractivity contribution in [2.75, 3.05) is 18.1 Å². The molecule has 0 radical (unpaired) electrons. The highest BCUT2D eigenvalue weighted by Gasteiger charge is 2.25. The van der Waals surface area contributed by atoms with Gasteiger partial charge in [-0.3, -0.25) is 4.79 Å². The van der Waals surface area contributed by atoms with E-state index in [0.717, 1.165) is 15.0 Å². The minimum Gasteiger partial charge on any atom is -0.490 e. The van der Waals surface area contributed by atoms with Crippen molar-refractivity contribution in [2.45, 2.75) is 0 Å². The van der Waals surface area contributed by atoms with E-state index in [9.17, 15) is 4.79 Å². The predicted molar refractivity (Wildman–Crippen MR) is 87.8 cm³/mol. The zero-order valence-corrected chi connectivity index (χ0v) is 13.4. The molecule has 0 saturated heterocycles. The van der Waals surface area contributed by atoms with Crippen molar-refractivity contribution in [1.29, 1.82) is 0 Å². The Balaban J connectivity index is 2.02. The molecule has 0 aliphatic carbocycles. The van der Waals surface area contributed by atoms with Crippen LogP contribution in [-0.2, 0) is 0 Å². The normalized spacial score (nSPS) is 13.6. The lowest BCUT2D eigenvalue weighted by Gasteiger charge is -2.29. The molecular weight excluding hydrogens is 389 g/mol. The molecule has 0 bridgehead atoms. The summed E-state index contributed by atoms with van der Waals surface area (Å²) in [6, 6.07) is 12.9. The highest BCUT2D eigenvalue weighted by Crippen LogP contribution is 2.32. The molecule has 3 nitrogen and oxygen atoms in total. The molecule has 1 aliphatic rings. The number of benzene rings is 2. The first-order valence-corrected chi connectivity index (χ1v) is 7.61. The number of anilines is 1. The van der Waals surface area contributed by atoms with Crippen molar-refractivity contribution in [3.05, 3.63) is 56.6 Å². The number of carbonyl (C=O) groups is 1. The first-order chi connectivity index (χ1) is 9.66. The molecule has 20 heavy (non-hydrogen) atoms. The number of fused-ring (bicyclic) bond motifs is 1. The van der Waals surface area contributed by atoms with Crippen molar-refractivity contribution in [3.63, 3.8) is 0 Å². The van der Waals surface area contributed by atoms with E-state index in [4.69, 9.17) is 16.3 Å². The lowest BCUT2D eigenvalue weighted by Crippen LogP contribution is -2.38. The number of rotatable bonds is 1. The van der Waals surface area contributed by atoms with Crippen molar-refractivity contribution in [1.82, 2.24) is 0 Å². The fourth-order valence-electron chi connectivity index (χ4n) is 2.19. The third-order valence-corrected chi connectivity index (χ3v) is 4.31. The largest absolute Gasteiger partial charge is 0.490 e. The summed E-state index contributed by atoms with van der Waals surface area (Å²) in [4.78, 5) is 14.5. The predicted octanol–water partition coefficient (Wildman–Crippen LogP) is 3.98. The summed E-state index contributed by atoms with van der Waals surface area (Å²) in [6.45, 7) is 1.04. The molecule has 1 heterocycles. The number of ether oxygens (including phenoxy) is 1. The van der Waals surface area contributed by atoms with E-state index in [-0.39, 0.29) is 5.91 Å². The molecule has 0 fully saturated rings. The van der Waals surface area contributed by atoms with E-state index in [1.165, 1.54) is 0 Å². The van der Waals surface area contributed by atoms with Crippen molar-refractivity contribution < 1.29 is 9.53 Å². The van der Waals surface area contributed by atoms with E-state index < -0.39 is 0 Å². The lowest BCUT2D eigenvalue weighted by molar-refractivity contribution is 0.0975. The van der Waals surface area contributed by atoms with E-state index in [1.807, 2.05) is 30.3 Å². The summed E-state index contributed by atoms with van der Waals surface area (Å²) in [5.41, 5.74) is 1.43. The zero-order chi connectivity index (χ0) is 14.1. The van der Waals surface area contributed by atoms with Crippen molar-refractivity contribution in [2.24, 2.45) is 0 Å². The number of amides is 1. The van der Waals surface area contributed by atoms with Gasteiger partial charge in [-0.1, -0.05) is 23.7 Å². The summed E-state index contributed by atoms with van der Waals surface area (Å²) in [5.74, 6) is 0.691. The van der Waals surface area contributed by atoms with Gasteiger partial charge in [0.2, 0.25) is 0 Å². The third kappa shape index (κ3) is 2.50. The van der Waals surface area contributed by atoms with Crippen LogP contribution in [0.5, 0.6) is 5.75 Å². The molecular formula is C15H11ClINO2. The third-order valence-electron chi connectivity index (χ3n) is 3.13. The van der Waals surface area contributed by atoms with Crippen LogP contribution < -0.4 is 9.64 Å². The van der Waals surface area contributed by atoms with Gasteiger partial charge in [0, 0.05) is 8.59 Å². The Morgan fingerprint density at radius 2 is 2.05 bits per heavy atom. The topological polar surface area (TPSA) is 29.5 Å². The Morgan fingerprint density at radius 1 is 1.25 bits per heavy atom. The second kappa shape index (κ2) is 5.61. The highest BCUT2D eigenvalue weighted by atomic mass is 127. The molecule has 0 saturated carbocycles. The quantitative estimate of drug-likeness (QED) is 0.679. The molecule has 0 N–H and O–H groups in total. The summed E-state index contributed by atoms with van der Waals surface area (Å²) in [7, 11) is 0. The number of nitrogens with zero attached hydrogens (tertiary/aromatic N) is 1. The lowest BCUT2D eigenvalue weighted by atomic mass is 10.1. The van der Waals surface area contributed by atoms with Crippen LogP contribution in [0.3, 0.4) is 0 Å². The van der Waals surface area contributed by atoms with Gasteiger partial charge in [-0.25, -0.2) is 0 Å². The van der Waals surface area contributed by atoms with E-state index in [0.29, 0.717) is 23.7 Å². The Hall–Kier alpha value is -1.27. The molecule has 3 rings (SSSR count). The first-order valence-electron chi connectivity index (χ1n) is 6.15. The number of carbonyl (C=O) groups excluding carboxylic acids is 1. The SMILES string of the molecule is O=C(c1cc(Cl)ccc1I)N1CCOc2ccccc21. The molecule has 5 heteroatoms. The summed E-state index contributed by atoms with van der Waals surface area (Å²) in [6.07, 6.45) is 0. The first kappa shape index (κ1) is 13.7. The number of halogens is 2. The van der Waals surface area contributed by atoms with Gasteiger partial charge in [-0.05, 0) is 52.9 Å². The number of hydrogen-bond donors (Lipinski definition) is 0. The zero-order valence-electron chi connectivity index (χ0n) is 10.5. The second-order valence-electron chi connectivity index (χ2n) is 4.40. The van der Waals surface area contributed by atoms with E-state index in [1.54, 1.807) is 17.0 Å². The van der Waals surface area contributed by atoms with Crippen LogP contribution in [-0.4, -0.2) is 19.1 Å². The van der Waals surface area contributed by atoms with Gasteiger partial charge in [-0.15, -0.1) is 0 Å². The van der Waals surface area contributed by atoms with Crippen LogP contribution in [0.25, 0.3) is 0 Å². The standard InChI is InChI=1S/C15H11ClINO2/c16-10-5-6-12(17)11(9-10)15(19)18-7-8-20-14-4-2-1-3-13(14)18/h1-6,9H,7-8H2. The smallest absolute Gasteiger partial charge is 0.259 e.